The molecule has 0 N–H and O–H groups in total. The molecule has 0 amide bonds. The summed E-state index contributed by atoms with van der Waals surface area (Å²) < 4.78 is 6.10. The molecule has 2 nitrogen and oxygen atoms in total. The molecule has 0 aromatic carbocycles. The van der Waals surface area contributed by atoms with Crippen molar-refractivity contribution in [2.24, 2.45) is 0 Å². The molecule has 0 fully saturated rings. The van der Waals surface area contributed by atoms with Crippen molar-refractivity contribution in [1.29, 1.82) is 0 Å². The first-order chi connectivity index (χ1) is 4.50. The van der Waals surface area contributed by atoms with Gasteiger partial charge in [0.1, 0.15) is 0 Å². The van der Waals surface area contributed by atoms with E-state index in [-0.39, 0.29) is 5.97 Å². The van der Waals surface area contributed by atoms with Crippen LogP contribution in [0.3, 0.4) is 0 Å². The molecule has 56 valence electrons. The average Bonchev–Trinajstić information content (AvgIpc) is 2.11. The second-order valence-electron chi connectivity index (χ2n) is 3.53. The van der Waals surface area contributed by atoms with E-state index in [1.807, 2.05) is 0 Å². The molecule has 0 aromatic heterocycles. The first-order valence-electron chi connectivity index (χ1n) is 3.38. The van der Waals surface area contributed by atoms with Gasteiger partial charge in [-0.25, -0.2) is 0 Å². The van der Waals surface area contributed by atoms with Crippen LogP contribution in [0, 0.1) is 0 Å². The van der Waals surface area contributed by atoms with Crippen molar-refractivity contribution >= 4 is 24.3 Å². The Morgan fingerprint density at radius 2 is 2.10 bits per heavy atom. The molecular weight excluding hydrogens is 235 g/mol. The van der Waals surface area contributed by atoms with Crippen LogP contribution in [-0.4, -0.2) is 31.0 Å². The summed E-state index contributed by atoms with van der Waals surface area (Å²) in [6.07, 6.45) is 1.68. The summed E-state index contributed by atoms with van der Waals surface area (Å²) in [7, 11) is 0. The van der Waals surface area contributed by atoms with Gasteiger partial charge >= 0.3 is 65.0 Å². The summed E-state index contributed by atoms with van der Waals surface area (Å²) in [4.78, 5) is 17.5. The Balaban J connectivity index is 2.76. The fourth-order valence-corrected chi connectivity index (χ4v) is 3.82. The Morgan fingerprint density at radius 1 is 1.50 bits per heavy atom. The van der Waals surface area contributed by atoms with Crippen LogP contribution in [0.15, 0.2) is 9.67 Å². The van der Waals surface area contributed by atoms with Crippen LogP contribution in [0.2, 0.25) is 14.8 Å². The zero-order chi connectivity index (χ0) is 7.78. The van der Waals surface area contributed by atoms with E-state index >= 15 is 0 Å². The number of rotatable bonds is 1. The van der Waals surface area contributed by atoms with E-state index in [2.05, 4.69) is 14.8 Å². The van der Waals surface area contributed by atoms with Crippen LogP contribution in [0.5, 0.6) is 0 Å². The van der Waals surface area contributed by atoms with E-state index in [0.717, 1.165) is 0 Å². The third kappa shape index (κ3) is 1.75. The average molecular weight is 247 g/mol. The Bertz CT molecular complexity index is 188. The summed E-state index contributed by atoms with van der Waals surface area (Å²) in [5, 5.41) is 0. The Morgan fingerprint density at radius 3 is 2.30 bits per heavy atom. The SMILES string of the molecule is [CH3][Sn]([CH3])([CH3])[C]1=CC(=O)OC1. The molecule has 0 spiro atoms. The summed E-state index contributed by atoms with van der Waals surface area (Å²) in [5.74, 6) is -0.151. The fraction of sp³-hybridized carbons (Fsp3) is 0.571. The van der Waals surface area contributed by atoms with Crippen molar-refractivity contribution < 1.29 is 9.53 Å². The first-order valence-corrected chi connectivity index (χ1v) is 13.4. The van der Waals surface area contributed by atoms with Crippen LogP contribution in [0.1, 0.15) is 0 Å². The molecule has 10 heavy (non-hydrogen) atoms. The third-order valence-electron chi connectivity index (χ3n) is 1.63. The standard InChI is InChI=1S/C4H3O2.3CH3.Sn/c5-4-2-1-3-6-4;;;;/h2H,3H2;3*1H3;. The Labute approximate surface area is 65.1 Å². The molecule has 0 aliphatic carbocycles. The van der Waals surface area contributed by atoms with Gasteiger partial charge < -0.3 is 0 Å². The minimum atomic E-state index is -1.93. The molecular formula is C7H12O2Sn. The van der Waals surface area contributed by atoms with Crippen molar-refractivity contribution in [3.8, 4) is 0 Å². The fourth-order valence-electron chi connectivity index (χ4n) is 0.807. The molecule has 0 atom stereocenters. The van der Waals surface area contributed by atoms with Gasteiger partial charge in [0.25, 0.3) is 0 Å². The monoisotopic (exact) mass is 248 g/mol. The molecule has 0 saturated carbocycles. The van der Waals surface area contributed by atoms with Gasteiger partial charge in [-0.2, -0.15) is 0 Å². The van der Waals surface area contributed by atoms with E-state index in [9.17, 15) is 4.79 Å². The van der Waals surface area contributed by atoms with Crippen LogP contribution in [0.4, 0.5) is 0 Å². The maximum atomic E-state index is 10.6. The van der Waals surface area contributed by atoms with Gasteiger partial charge in [-0.15, -0.1) is 0 Å². The minimum absolute atomic E-state index is 0.151. The number of carbonyl (C=O) groups is 1. The number of hydrogen-bond donors (Lipinski definition) is 0. The normalized spacial score (nSPS) is 18.7. The molecule has 0 bridgehead atoms. The molecule has 0 aromatic rings. The summed E-state index contributed by atoms with van der Waals surface area (Å²) >= 11 is -1.93. The number of ether oxygens (including phenoxy) is 1. The van der Waals surface area contributed by atoms with E-state index in [4.69, 9.17) is 4.74 Å². The second kappa shape index (κ2) is 2.57. The van der Waals surface area contributed by atoms with E-state index in [1.54, 1.807) is 6.08 Å². The van der Waals surface area contributed by atoms with Crippen molar-refractivity contribution in [2.75, 3.05) is 6.61 Å². The molecule has 0 radical (unpaired) electrons. The van der Waals surface area contributed by atoms with Gasteiger partial charge in [0.15, 0.2) is 0 Å². The molecule has 0 unspecified atom stereocenters. The molecule has 0 saturated heterocycles. The van der Waals surface area contributed by atoms with Gasteiger partial charge in [-0.05, 0) is 0 Å². The number of hydrogen-bond acceptors (Lipinski definition) is 2. The van der Waals surface area contributed by atoms with Gasteiger partial charge in [0.05, 0.1) is 0 Å². The Kier molecular flexibility index (Phi) is 2.08. The van der Waals surface area contributed by atoms with Crippen molar-refractivity contribution in [2.45, 2.75) is 14.8 Å². The van der Waals surface area contributed by atoms with Crippen molar-refractivity contribution in [3.63, 3.8) is 0 Å². The van der Waals surface area contributed by atoms with Gasteiger partial charge in [0.2, 0.25) is 0 Å². The van der Waals surface area contributed by atoms with Crippen molar-refractivity contribution in [1.82, 2.24) is 0 Å². The summed E-state index contributed by atoms with van der Waals surface area (Å²) in [5.41, 5.74) is 0. The maximum absolute atomic E-state index is 10.6. The molecule has 1 rings (SSSR count). The van der Waals surface area contributed by atoms with Gasteiger partial charge in [-0.1, -0.05) is 0 Å². The molecule has 1 heterocycles. The number of esters is 1. The number of cyclic esters (lactones) is 1. The Hall–Kier alpha value is 0.00870. The molecule has 1 aliphatic rings. The van der Waals surface area contributed by atoms with E-state index < -0.39 is 18.4 Å². The first kappa shape index (κ1) is 8.11. The van der Waals surface area contributed by atoms with Crippen LogP contribution >= 0.6 is 0 Å². The topological polar surface area (TPSA) is 26.3 Å². The molecule has 1 aliphatic heterocycles. The van der Waals surface area contributed by atoms with Crippen LogP contribution < -0.4 is 0 Å². The quantitative estimate of drug-likeness (QED) is 0.516. The summed E-state index contributed by atoms with van der Waals surface area (Å²) in [6, 6.07) is 0. The number of carbonyl (C=O) groups excluding carboxylic acids is 1. The van der Waals surface area contributed by atoms with Crippen LogP contribution in [-0.2, 0) is 9.53 Å². The van der Waals surface area contributed by atoms with Crippen LogP contribution in [0.25, 0.3) is 0 Å². The molecule has 3 heteroatoms. The predicted octanol–water partition coefficient (Wildman–Crippen LogP) is 1.35. The summed E-state index contributed by atoms with van der Waals surface area (Å²) in [6.45, 7) is 0.568. The second-order valence-corrected chi connectivity index (χ2v) is 18.2. The van der Waals surface area contributed by atoms with Crippen molar-refractivity contribution in [3.05, 3.63) is 9.67 Å². The zero-order valence-corrected chi connectivity index (χ0v) is 9.46. The van der Waals surface area contributed by atoms with Gasteiger partial charge in [-0.3, -0.25) is 0 Å². The van der Waals surface area contributed by atoms with E-state index in [1.165, 1.54) is 3.59 Å². The van der Waals surface area contributed by atoms with Gasteiger partial charge in [0, 0.05) is 0 Å². The predicted molar refractivity (Wildman–Crippen MR) is 42.4 cm³/mol. The van der Waals surface area contributed by atoms with E-state index in [0.29, 0.717) is 6.61 Å². The zero-order valence-electron chi connectivity index (χ0n) is 6.60. The third-order valence-corrected chi connectivity index (χ3v) is 7.95.